The summed E-state index contributed by atoms with van der Waals surface area (Å²) in [6.45, 7) is 6.52. The maximum atomic E-state index is 8.77. The maximum Gasteiger partial charge on any atom is 0 e. The van der Waals surface area contributed by atoms with E-state index in [9.17, 15) is 0 Å². The van der Waals surface area contributed by atoms with Gasteiger partial charge in [-0.05, 0) is 45.9 Å². The van der Waals surface area contributed by atoms with E-state index in [-0.39, 0.29) is 0 Å². The molecule has 0 aliphatic carbocycles. The molecule has 0 radical (unpaired) electrons. The molecular formula is C12H28BI4OP. The molecule has 0 saturated carbocycles. The van der Waals surface area contributed by atoms with E-state index in [0.717, 1.165) is 3.92 Å². The Hall–Kier alpha value is 2.95. The van der Waals surface area contributed by atoms with E-state index in [1.165, 1.54) is 41.0 Å². The molecule has 0 rings (SSSR count). The summed E-state index contributed by atoms with van der Waals surface area (Å²) in [6.07, 6.45) is 8.53. The van der Waals surface area contributed by atoms with Gasteiger partial charge in [-0.1, -0.05) is 103 Å². The topological polar surface area (TPSA) is 17.1 Å². The van der Waals surface area contributed by atoms with Crippen LogP contribution in [0, 0.1) is 0 Å². The fraction of sp³-hybridized carbons (Fsp3) is 0.833. The van der Waals surface area contributed by atoms with Gasteiger partial charge in [0.1, 0.15) is 0 Å². The summed E-state index contributed by atoms with van der Waals surface area (Å²) in [7, 11) is 1.90. The summed E-state index contributed by atoms with van der Waals surface area (Å²) in [6, 6.07) is 0. The van der Waals surface area contributed by atoms with Crippen LogP contribution in [-0.4, -0.2) is 24.6 Å². The molecule has 0 fully saturated rings. The zero-order valence-electron chi connectivity index (χ0n) is 13.9. The molecular weight excluding hydrogens is 710 g/mol. The minimum atomic E-state index is 0.667. The fourth-order valence-electron chi connectivity index (χ4n) is 0.724. The third-order valence-electron chi connectivity index (χ3n) is 1.64. The van der Waals surface area contributed by atoms with Crippen LogP contribution in [0.5, 0.6) is 0 Å². The number of alkyl halides is 4. The first kappa shape index (κ1) is 26.8. The van der Waals surface area contributed by atoms with Gasteiger partial charge in [0.15, 0.2) is 0 Å². The van der Waals surface area contributed by atoms with Crippen LogP contribution in [0.25, 0.3) is 0 Å². The molecule has 0 aliphatic rings. The number of unbranched alkanes of at least 4 members (excludes halogenated alkanes) is 1. The van der Waals surface area contributed by atoms with Gasteiger partial charge < -0.3 is 0 Å². The van der Waals surface area contributed by atoms with Gasteiger partial charge in [0.25, 0.3) is 0 Å². The van der Waals surface area contributed by atoms with Crippen LogP contribution in [0.4, 0.5) is 0 Å². The standard InChI is InChI=1S/C6H12I2.C5H9I.CH3I.BH2OP.H2/c1-2-6(8)4-3-5-7;1-2-3-4-5-6;1-2;2-1-3;/h6H,2-5H2,1H3;2H,1,3-5H2;1H3;3H2;1H/i;;;;1+2D. The molecule has 0 spiro atoms. The van der Waals surface area contributed by atoms with Crippen molar-refractivity contribution in [2.45, 2.75) is 43.0 Å². The summed E-state index contributed by atoms with van der Waals surface area (Å²) in [5.74, 6) is 0. The van der Waals surface area contributed by atoms with Gasteiger partial charge >= 0.3 is 20.7 Å². The second-order valence-corrected chi connectivity index (χ2v) is 7.28. The number of allylic oxidation sites excluding steroid dienone is 1. The van der Waals surface area contributed by atoms with Crippen molar-refractivity contribution in [3.63, 3.8) is 0 Å². The average Bonchev–Trinajstić information content (AvgIpc) is 2.55. The van der Waals surface area contributed by atoms with E-state index in [4.69, 9.17) is 7.67 Å². The fourth-order valence-corrected chi connectivity index (χ4v) is 2.05. The van der Waals surface area contributed by atoms with Crippen LogP contribution in [0.15, 0.2) is 12.7 Å². The smallest absolute Gasteiger partial charge is 0 e. The first-order valence-electron chi connectivity index (χ1n) is 7.04. The Morgan fingerprint density at radius 2 is 1.84 bits per heavy atom. The maximum absolute atomic E-state index is 8.77. The third kappa shape index (κ3) is 52.7. The van der Waals surface area contributed by atoms with Crippen molar-refractivity contribution in [2.75, 3.05) is 13.8 Å². The Morgan fingerprint density at radius 1 is 1.42 bits per heavy atom. The van der Waals surface area contributed by atoms with E-state index in [2.05, 4.69) is 104 Å². The van der Waals surface area contributed by atoms with E-state index < -0.39 is 0 Å². The molecule has 0 aliphatic heterocycles. The van der Waals surface area contributed by atoms with Gasteiger partial charge in [-0.15, -0.1) is 6.58 Å². The van der Waals surface area contributed by atoms with E-state index in [1.807, 2.05) is 20.1 Å². The van der Waals surface area contributed by atoms with Crippen LogP contribution in [0.3, 0.4) is 0 Å². The molecule has 0 aromatic rings. The molecule has 0 heterocycles. The van der Waals surface area contributed by atoms with Crippen LogP contribution in [-0.2, 0) is 4.70 Å². The molecule has 0 aromatic carbocycles. The molecule has 0 N–H and O–H groups in total. The summed E-state index contributed by atoms with van der Waals surface area (Å²) in [5.41, 5.74) is 0. The normalized spacial score (nSPS) is 9.63. The summed E-state index contributed by atoms with van der Waals surface area (Å²) < 4.78 is 22.3. The van der Waals surface area contributed by atoms with Crippen molar-refractivity contribution >= 4 is 106 Å². The van der Waals surface area contributed by atoms with E-state index in [1.54, 1.807) is 0 Å². The van der Waals surface area contributed by atoms with Gasteiger partial charge in [-0.25, -0.2) is 0 Å². The zero-order valence-corrected chi connectivity index (χ0v) is 21.7. The predicted octanol–water partition coefficient (Wildman–Crippen LogP) is 6.93. The molecule has 118 valence electrons. The minimum Gasteiger partial charge on any atom is 0 e. The van der Waals surface area contributed by atoms with Crippen LogP contribution in [0.2, 0.25) is 0 Å². The number of hydrogen-bond donors (Lipinski definition) is 0. The van der Waals surface area contributed by atoms with Gasteiger partial charge in [0, 0.05) is 6.89 Å². The van der Waals surface area contributed by atoms with Crippen molar-refractivity contribution in [1.82, 2.24) is 0 Å². The second kappa shape index (κ2) is 37.3. The summed E-state index contributed by atoms with van der Waals surface area (Å²) >= 11 is 9.47. The minimum absolute atomic E-state index is 0.667. The average molecular weight is 741 g/mol. The number of rotatable bonds is 7. The number of halogens is 4. The quantitative estimate of drug-likeness (QED) is 0.0692. The van der Waals surface area contributed by atoms with Crippen LogP contribution >= 0.6 is 99.5 Å². The second-order valence-electron chi connectivity index (χ2n) is 3.09. The molecule has 2 atom stereocenters. The van der Waals surface area contributed by atoms with E-state index >= 15 is 0 Å². The van der Waals surface area contributed by atoms with Crippen molar-refractivity contribution < 1.29 is 7.67 Å². The Morgan fingerprint density at radius 3 is 2.05 bits per heavy atom. The largest absolute Gasteiger partial charge is 0 e. The Kier molecular flexibility index (Phi) is 52.7. The molecule has 0 saturated heterocycles. The summed E-state index contributed by atoms with van der Waals surface area (Å²) in [5, 5.41) is 0. The monoisotopic (exact) mass is 741 g/mol. The molecule has 0 bridgehead atoms. The molecule has 19 heavy (non-hydrogen) atoms. The summed E-state index contributed by atoms with van der Waals surface area (Å²) in [4.78, 5) is 1.97. The van der Waals surface area contributed by atoms with Crippen LogP contribution < -0.4 is 0 Å². The molecule has 1 nitrogen and oxygen atoms in total. The van der Waals surface area contributed by atoms with E-state index in [0.29, 0.717) is 6.87 Å². The van der Waals surface area contributed by atoms with Gasteiger partial charge in [-0.2, -0.15) is 0 Å². The Labute approximate surface area is 181 Å². The zero-order chi connectivity index (χ0) is 17.9. The SMILES string of the molecule is C=CCCCI.CCC(I)CCCI.CI.O=BP.[2H][3H]. The van der Waals surface area contributed by atoms with Crippen molar-refractivity contribution in [2.24, 2.45) is 0 Å². The third-order valence-corrected chi connectivity index (χ3v) is 4.67. The first-order chi connectivity index (χ1) is 10.1. The van der Waals surface area contributed by atoms with Crippen LogP contribution in [0.1, 0.15) is 42.0 Å². The Bertz CT molecular complexity index is 163. The van der Waals surface area contributed by atoms with Crippen molar-refractivity contribution in [3.05, 3.63) is 12.7 Å². The van der Waals surface area contributed by atoms with Gasteiger partial charge in [0.2, 0.25) is 0 Å². The van der Waals surface area contributed by atoms with Crippen molar-refractivity contribution in [3.8, 4) is 0 Å². The number of hydrogen-bond acceptors (Lipinski definition) is 1. The van der Waals surface area contributed by atoms with Crippen molar-refractivity contribution in [1.29, 1.82) is 0 Å². The molecule has 2 unspecified atom stereocenters. The molecule has 0 amide bonds. The predicted molar refractivity (Wildman–Crippen MR) is 133 cm³/mol. The molecule has 0 aromatic heterocycles. The first-order valence-corrected chi connectivity index (χ1v) is 13.2. The Balaban J connectivity index is -0.0000000580. The van der Waals surface area contributed by atoms with Gasteiger partial charge in [0.05, 0.1) is 0 Å². The van der Waals surface area contributed by atoms with Gasteiger partial charge in [-0.3, -0.25) is 0 Å². The molecule has 7 heteroatoms.